The molecule has 0 aromatic heterocycles. The number of nitrogens with zero attached hydrogens (tertiary/aromatic N) is 2. The standard InChI is InChI=1S/C14H16ClN3O3/c15-10-5-7-11(8-6-10)17-14(19)13(18(20)21)12-4-2-1-3-9-16-12/h5-8,13H,1-4,9H2,(H,17,19)/t13-/m1/s1. The predicted octanol–water partition coefficient (Wildman–Crippen LogP) is 2.94. The highest BCUT2D eigenvalue weighted by molar-refractivity contribution is 6.30. The topological polar surface area (TPSA) is 84.6 Å². The Morgan fingerprint density at radius 3 is 2.67 bits per heavy atom. The summed E-state index contributed by atoms with van der Waals surface area (Å²) in [6, 6.07) is 5.01. The van der Waals surface area contributed by atoms with Crippen LogP contribution in [0, 0.1) is 10.1 Å². The first-order valence-corrected chi connectivity index (χ1v) is 7.19. The van der Waals surface area contributed by atoms with Crippen LogP contribution in [0.4, 0.5) is 5.69 Å². The zero-order valence-electron chi connectivity index (χ0n) is 11.4. The second-order valence-corrected chi connectivity index (χ2v) is 5.30. The van der Waals surface area contributed by atoms with E-state index in [0.717, 1.165) is 19.3 Å². The minimum Gasteiger partial charge on any atom is -0.320 e. The van der Waals surface area contributed by atoms with Crippen molar-refractivity contribution in [2.24, 2.45) is 4.99 Å². The van der Waals surface area contributed by atoms with E-state index in [9.17, 15) is 14.9 Å². The molecule has 1 aliphatic heterocycles. The summed E-state index contributed by atoms with van der Waals surface area (Å²) in [6.45, 7) is 0.550. The largest absolute Gasteiger partial charge is 0.327 e. The number of carbonyl (C=O) groups excluding carboxylic acids is 1. The zero-order valence-corrected chi connectivity index (χ0v) is 12.2. The second kappa shape index (κ2) is 7.17. The van der Waals surface area contributed by atoms with Crippen molar-refractivity contribution < 1.29 is 9.72 Å². The number of benzene rings is 1. The molecule has 1 aromatic carbocycles. The van der Waals surface area contributed by atoms with E-state index in [-0.39, 0.29) is 0 Å². The predicted molar refractivity (Wildman–Crippen MR) is 81.6 cm³/mol. The monoisotopic (exact) mass is 309 g/mol. The van der Waals surface area contributed by atoms with Gasteiger partial charge in [0.1, 0.15) is 0 Å². The highest BCUT2D eigenvalue weighted by atomic mass is 35.5. The summed E-state index contributed by atoms with van der Waals surface area (Å²) in [7, 11) is 0. The summed E-state index contributed by atoms with van der Waals surface area (Å²) in [6.07, 6.45) is 3.22. The van der Waals surface area contributed by atoms with Crippen molar-refractivity contribution >= 4 is 28.9 Å². The minimum absolute atomic E-state index is 0.365. The van der Waals surface area contributed by atoms with Gasteiger partial charge in [-0.05, 0) is 43.5 Å². The quantitative estimate of drug-likeness (QED) is 0.685. The Bertz CT molecular complexity index is 557. The summed E-state index contributed by atoms with van der Waals surface area (Å²) in [5.41, 5.74) is 0.842. The summed E-state index contributed by atoms with van der Waals surface area (Å²) < 4.78 is 0. The molecule has 0 fully saturated rings. The lowest BCUT2D eigenvalue weighted by atomic mass is 10.1. The van der Waals surface area contributed by atoms with Gasteiger partial charge in [0.25, 0.3) is 0 Å². The summed E-state index contributed by atoms with van der Waals surface area (Å²) in [5, 5.41) is 14.3. The average molecular weight is 310 g/mol. The molecule has 0 bridgehead atoms. The third kappa shape index (κ3) is 4.26. The Kier molecular flexibility index (Phi) is 5.27. The van der Waals surface area contributed by atoms with Crippen LogP contribution in [0.25, 0.3) is 0 Å². The number of aliphatic imine (C=N–C) groups is 1. The fraction of sp³-hybridized carbons (Fsp3) is 0.429. The van der Waals surface area contributed by atoms with Crippen LogP contribution >= 0.6 is 11.6 Å². The second-order valence-electron chi connectivity index (χ2n) is 4.87. The fourth-order valence-electron chi connectivity index (χ4n) is 2.23. The summed E-state index contributed by atoms with van der Waals surface area (Å²) in [4.78, 5) is 27.1. The number of halogens is 1. The Hall–Kier alpha value is -1.95. The number of amides is 1. The van der Waals surface area contributed by atoms with E-state index < -0.39 is 16.9 Å². The number of hydrogen-bond acceptors (Lipinski definition) is 4. The number of nitrogens with one attached hydrogen (secondary N) is 1. The number of rotatable bonds is 4. The molecule has 1 N–H and O–H groups in total. The van der Waals surface area contributed by atoms with Crippen molar-refractivity contribution in [3.05, 3.63) is 39.4 Å². The van der Waals surface area contributed by atoms with Crippen LogP contribution in [0.2, 0.25) is 5.02 Å². The SMILES string of the molecule is O=C(Nc1ccc(Cl)cc1)[C@@H](C1=NCCCCC1)[N+](=O)[O-]. The Morgan fingerprint density at radius 1 is 1.29 bits per heavy atom. The van der Waals surface area contributed by atoms with Gasteiger partial charge in [0.15, 0.2) is 0 Å². The van der Waals surface area contributed by atoms with E-state index in [4.69, 9.17) is 11.6 Å². The maximum Gasteiger partial charge on any atom is 0.327 e. The molecule has 1 atom stereocenters. The summed E-state index contributed by atoms with van der Waals surface area (Å²) in [5.74, 6) is -0.664. The van der Waals surface area contributed by atoms with Crippen LogP contribution < -0.4 is 5.32 Å². The van der Waals surface area contributed by atoms with Crippen LogP contribution in [0.1, 0.15) is 25.7 Å². The van der Waals surface area contributed by atoms with Gasteiger partial charge in [-0.25, -0.2) is 0 Å². The lowest BCUT2D eigenvalue weighted by Crippen LogP contribution is -2.41. The first kappa shape index (κ1) is 15.4. The molecule has 0 saturated heterocycles. The Balaban J connectivity index is 2.13. The van der Waals surface area contributed by atoms with E-state index in [0.29, 0.717) is 29.4 Å². The smallest absolute Gasteiger partial charge is 0.320 e. The van der Waals surface area contributed by atoms with Gasteiger partial charge in [-0.3, -0.25) is 19.9 Å². The molecule has 1 heterocycles. The molecule has 2 rings (SSSR count). The van der Waals surface area contributed by atoms with E-state index in [1.54, 1.807) is 24.3 Å². The molecule has 6 nitrogen and oxygen atoms in total. The van der Waals surface area contributed by atoms with Crippen molar-refractivity contribution in [3.63, 3.8) is 0 Å². The van der Waals surface area contributed by atoms with Gasteiger partial charge in [-0.15, -0.1) is 0 Å². The van der Waals surface area contributed by atoms with Crippen molar-refractivity contribution in [1.29, 1.82) is 0 Å². The van der Waals surface area contributed by atoms with Gasteiger partial charge < -0.3 is 5.32 Å². The van der Waals surface area contributed by atoms with Crippen LogP contribution in [0.5, 0.6) is 0 Å². The van der Waals surface area contributed by atoms with Crippen molar-refractivity contribution in [2.45, 2.75) is 31.7 Å². The van der Waals surface area contributed by atoms with Gasteiger partial charge in [0, 0.05) is 22.2 Å². The fourth-order valence-corrected chi connectivity index (χ4v) is 2.36. The highest BCUT2D eigenvalue weighted by Gasteiger charge is 2.35. The summed E-state index contributed by atoms with van der Waals surface area (Å²) >= 11 is 5.76. The maximum absolute atomic E-state index is 12.2. The maximum atomic E-state index is 12.2. The van der Waals surface area contributed by atoms with Gasteiger partial charge in [-0.1, -0.05) is 18.0 Å². The van der Waals surface area contributed by atoms with Crippen molar-refractivity contribution in [1.82, 2.24) is 0 Å². The number of hydrogen-bond donors (Lipinski definition) is 1. The van der Waals surface area contributed by atoms with Gasteiger partial charge in [0.2, 0.25) is 0 Å². The molecule has 0 spiro atoms. The third-order valence-corrected chi connectivity index (χ3v) is 3.54. The molecule has 0 unspecified atom stereocenters. The first-order valence-electron chi connectivity index (χ1n) is 6.81. The van der Waals surface area contributed by atoms with Crippen LogP contribution in [0.3, 0.4) is 0 Å². The third-order valence-electron chi connectivity index (χ3n) is 3.29. The van der Waals surface area contributed by atoms with Crippen LogP contribution in [-0.4, -0.2) is 29.1 Å². The van der Waals surface area contributed by atoms with E-state index >= 15 is 0 Å². The van der Waals surface area contributed by atoms with Crippen molar-refractivity contribution in [3.8, 4) is 0 Å². The average Bonchev–Trinajstić information content (AvgIpc) is 2.70. The molecule has 112 valence electrons. The molecule has 0 aliphatic carbocycles. The number of carbonyl (C=O) groups is 1. The Morgan fingerprint density at radius 2 is 2.00 bits per heavy atom. The molecule has 7 heteroatoms. The Labute approximate surface area is 127 Å². The first-order chi connectivity index (χ1) is 10.1. The van der Waals surface area contributed by atoms with E-state index in [1.807, 2.05) is 0 Å². The van der Waals surface area contributed by atoms with Crippen LogP contribution in [-0.2, 0) is 4.79 Å². The highest BCUT2D eigenvalue weighted by Crippen LogP contribution is 2.16. The molecule has 1 aliphatic rings. The van der Waals surface area contributed by atoms with Gasteiger partial charge in [-0.2, -0.15) is 0 Å². The molecule has 0 radical (unpaired) electrons. The molecular formula is C14H16ClN3O3. The molecule has 0 saturated carbocycles. The van der Waals surface area contributed by atoms with Crippen LogP contribution in [0.15, 0.2) is 29.3 Å². The molecular weight excluding hydrogens is 294 g/mol. The number of nitro groups is 1. The number of anilines is 1. The zero-order chi connectivity index (χ0) is 15.2. The molecule has 1 aromatic rings. The molecule has 21 heavy (non-hydrogen) atoms. The normalized spacial score (nSPS) is 16.5. The van der Waals surface area contributed by atoms with Crippen molar-refractivity contribution in [2.75, 3.05) is 11.9 Å². The molecule has 1 amide bonds. The van der Waals surface area contributed by atoms with Gasteiger partial charge in [0.05, 0.1) is 5.71 Å². The lowest BCUT2D eigenvalue weighted by molar-refractivity contribution is -0.488. The van der Waals surface area contributed by atoms with E-state index in [2.05, 4.69) is 10.3 Å². The minimum atomic E-state index is -1.42. The lowest BCUT2D eigenvalue weighted by Gasteiger charge is -2.12. The van der Waals surface area contributed by atoms with E-state index in [1.165, 1.54) is 0 Å². The van der Waals surface area contributed by atoms with Gasteiger partial charge >= 0.3 is 11.9 Å².